The number of nitrogens with zero attached hydrogens (tertiary/aromatic N) is 1. The molecule has 5 heteroatoms. The van der Waals surface area contributed by atoms with Crippen LogP contribution >= 0.6 is 0 Å². The van der Waals surface area contributed by atoms with Gasteiger partial charge in [-0.3, -0.25) is 14.5 Å². The lowest BCUT2D eigenvalue weighted by atomic mass is 9.91. The first-order chi connectivity index (χ1) is 10.4. The van der Waals surface area contributed by atoms with Crippen molar-refractivity contribution < 1.29 is 14.3 Å². The summed E-state index contributed by atoms with van der Waals surface area (Å²) in [5.74, 6) is 0.234. The number of rotatable bonds is 5. The number of hydrogen-bond acceptors (Lipinski definition) is 5. The highest BCUT2D eigenvalue weighted by atomic mass is 16.6. The van der Waals surface area contributed by atoms with Gasteiger partial charge in [-0.25, -0.2) is 0 Å². The topological polar surface area (TPSA) is 58.6 Å². The minimum absolute atomic E-state index is 0.0637. The number of likely N-dealkylation sites (tertiary alicyclic amines) is 1. The van der Waals surface area contributed by atoms with Crippen LogP contribution in [0.1, 0.15) is 53.4 Å². The summed E-state index contributed by atoms with van der Waals surface area (Å²) < 4.78 is 5.66. The molecule has 2 rings (SSSR count). The Labute approximate surface area is 133 Å². The Hall–Kier alpha value is -0.940. The van der Waals surface area contributed by atoms with Gasteiger partial charge in [-0.2, -0.15) is 0 Å². The molecule has 2 saturated heterocycles. The van der Waals surface area contributed by atoms with Gasteiger partial charge in [0.15, 0.2) is 0 Å². The zero-order chi connectivity index (χ0) is 16.3. The van der Waals surface area contributed by atoms with Crippen LogP contribution in [0.5, 0.6) is 0 Å². The van der Waals surface area contributed by atoms with Crippen LogP contribution in [0.3, 0.4) is 0 Å². The Bertz CT molecular complexity index is 405. The monoisotopic (exact) mass is 309 g/mol. The summed E-state index contributed by atoms with van der Waals surface area (Å²) in [5.41, 5.74) is -0.518. The van der Waals surface area contributed by atoms with Crippen LogP contribution in [0.4, 0.5) is 0 Å². The fourth-order valence-corrected chi connectivity index (χ4v) is 3.71. The number of carbonyl (C=O) groups excluding carboxylic acids is 2. The third kappa shape index (κ3) is 3.87. The molecule has 0 saturated carbocycles. The zero-order valence-electron chi connectivity index (χ0n) is 14.2. The summed E-state index contributed by atoms with van der Waals surface area (Å²) in [4.78, 5) is 26.1. The van der Waals surface area contributed by atoms with E-state index in [1.165, 1.54) is 0 Å². The molecule has 0 bridgehead atoms. The van der Waals surface area contributed by atoms with Crippen molar-refractivity contribution in [1.29, 1.82) is 0 Å². The molecule has 0 amide bonds. The third-order valence-corrected chi connectivity index (χ3v) is 4.70. The molecule has 0 aromatic carbocycles. The SMILES string of the molecule is CC[C@H]1CCN[C@@H]1C(C(=O)OC(C)(C)C)N1CCC[C@H]1[C]=O. The first-order valence-corrected chi connectivity index (χ1v) is 8.47. The molecule has 2 aliphatic heterocycles. The van der Waals surface area contributed by atoms with E-state index in [4.69, 9.17) is 4.74 Å². The maximum absolute atomic E-state index is 12.8. The van der Waals surface area contributed by atoms with E-state index in [9.17, 15) is 9.59 Å². The molecular formula is C17H29N2O3. The maximum Gasteiger partial charge on any atom is 0.325 e. The van der Waals surface area contributed by atoms with Crippen molar-refractivity contribution in [3.05, 3.63) is 0 Å². The number of hydrogen-bond donors (Lipinski definition) is 1. The van der Waals surface area contributed by atoms with Crippen LogP contribution in [0.2, 0.25) is 0 Å². The van der Waals surface area contributed by atoms with Crippen molar-refractivity contribution in [2.75, 3.05) is 13.1 Å². The van der Waals surface area contributed by atoms with E-state index in [-0.39, 0.29) is 24.1 Å². The van der Waals surface area contributed by atoms with Gasteiger partial charge in [-0.15, -0.1) is 0 Å². The fraction of sp³-hybridized carbons (Fsp3) is 0.882. The van der Waals surface area contributed by atoms with Crippen LogP contribution in [-0.2, 0) is 14.3 Å². The van der Waals surface area contributed by atoms with Crippen LogP contribution in [0.15, 0.2) is 0 Å². The van der Waals surface area contributed by atoms with E-state index >= 15 is 0 Å². The largest absolute Gasteiger partial charge is 0.459 e. The summed E-state index contributed by atoms with van der Waals surface area (Å²) in [7, 11) is 0. The second-order valence-electron chi connectivity index (χ2n) is 7.43. The molecular weight excluding hydrogens is 280 g/mol. The van der Waals surface area contributed by atoms with Crippen LogP contribution in [-0.4, -0.2) is 54.0 Å². The summed E-state index contributed by atoms with van der Waals surface area (Å²) in [5, 5.41) is 3.47. The van der Waals surface area contributed by atoms with Gasteiger partial charge in [-0.1, -0.05) is 13.3 Å². The molecule has 1 unspecified atom stereocenters. The summed E-state index contributed by atoms with van der Waals surface area (Å²) >= 11 is 0. The lowest BCUT2D eigenvalue weighted by Gasteiger charge is -2.37. The fourth-order valence-electron chi connectivity index (χ4n) is 3.71. The Balaban J connectivity index is 2.23. The van der Waals surface area contributed by atoms with E-state index in [0.717, 1.165) is 38.8 Å². The molecule has 0 spiro atoms. The van der Waals surface area contributed by atoms with Crippen molar-refractivity contribution in [3.63, 3.8) is 0 Å². The Kier molecular flexibility index (Phi) is 5.61. The molecule has 0 aromatic heterocycles. The highest BCUT2D eigenvalue weighted by Crippen LogP contribution is 2.30. The Morgan fingerprint density at radius 3 is 2.73 bits per heavy atom. The maximum atomic E-state index is 12.8. The van der Waals surface area contributed by atoms with Gasteiger partial charge < -0.3 is 10.1 Å². The quantitative estimate of drug-likeness (QED) is 0.783. The molecule has 2 fully saturated rings. The molecule has 0 aliphatic carbocycles. The highest BCUT2D eigenvalue weighted by Gasteiger charge is 2.45. The summed E-state index contributed by atoms with van der Waals surface area (Å²) in [6.07, 6.45) is 5.93. The molecule has 4 atom stereocenters. The smallest absolute Gasteiger partial charge is 0.325 e. The van der Waals surface area contributed by atoms with Crippen LogP contribution in [0, 0.1) is 5.92 Å². The number of ether oxygens (including phenoxy) is 1. The predicted molar refractivity (Wildman–Crippen MR) is 85.2 cm³/mol. The lowest BCUT2D eigenvalue weighted by Crippen LogP contribution is -2.57. The predicted octanol–water partition coefficient (Wildman–Crippen LogP) is 1.66. The average molecular weight is 309 g/mol. The standard InChI is InChI=1S/C17H29N2O3/c1-5-12-8-9-18-14(12)15(16(21)22-17(2,3)4)19-10-6-7-13(19)11-20/h12-15,18H,5-10H2,1-4H3/t12-,13-,14-,15?/m0/s1. The first-order valence-electron chi connectivity index (χ1n) is 8.47. The normalized spacial score (nSPS) is 31.2. The van der Waals surface area contributed by atoms with Crippen molar-refractivity contribution >= 4 is 12.3 Å². The average Bonchev–Trinajstić information content (AvgIpc) is 3.06. The van der Waals surface area contributed by atoms with Gasteiger partial charge in [0, 0.05) is 6.04 Å². The molecule has 1 radical (unpaired) electrons. The molecule has 125 valence electrons. The molecule has 1 N–H and O–H groups in total. The Morgan fingerprint density at radius 1 is 1.41 bits per heavy atom. The van der Waals surface area contributed by atoms with Crippen molar-refractivity contribution in [1.82, 2.24) is 10.2 Å². The van der Waals surface area contributed by atoms with Crippen molar-refractivity contribution in [3.8, 4) is 0 Å². The van der Waals surface area contributed by atoms with Crippen molar-refractivity contribution in [2.24, 2.45) is 5.92 Å². The lowest BCUT2D eigenvalue weighted by molar-refractivity contribution is -0.163. The van der Waals surface area contributed by atoms with E-state index in [2.05, 4.69) is 18.5 Å². The van der Waals surface area contributed by atoms with E-state index < -0.39 is 5.60 Å². The highest BCUT2D eigenvalue weighted by molar-refractivity contribution is 5.78. The third-order valence-electron chi connectivity index (χ3n) is 4.70. The van der Waals surface area contributed by atoms with Gasteiger partial charge in [0.05, 0.1) is 6.04 Å². The number of carbonyl (C=O) groups is 1. The van der Waals surface area contributed by atoms with Gasteiger partial charge in [0.2, 0.25) is 6.29 Å². The molecule has 2 heterocycles. The first kappa shape index (κ1) is 17.4. The van der Waals surface area contributed by atoms with Crippen molar-refractivity contribution in [2.45, 2.75) is 77.1 Å². The van der Waals surface area contributed by atoms with Crippen LogP contribution < -0.4 is 5.32 Å². The van der Waals surface area contributed by atoms with Gasteiger partial charge in [0.1, 0.15) is 11.6 Å². The van der Waals surface area contributed by atoms with Crippen LogP contribution in [0.25, 0.3) is 0 Å². The summed E-state index contributed by atoms with van der Waals surface area (Å²) in [6.45, 7) is 9.49. The molecule has 5 nitrogen and oxygen atoms in total. The second-order valence-corrected chi connectivity index (χ2v) is 7.43. The molecule has 2 aliphatic rings. The summed E-state index contributed by atoms with van der Waals surface area (Å²) in [6, 6.07) is -0.605. The number of nitrogens with one attached hydrogen (secondary N) is 1. The molecule has 22 heavy (non-hydrogen) atoms. The zero-order valence-corrected chi connectivity index (χ0v) is 14.2. The van der Waals surface area contributed by atoms with E-state index in [1.54, 1.807) is 0 Å². The van der Waals surface area contributed by atoms with Gasteiger partial charge in [-0.05, 0) is 59.0 Å². The van der Waals surface area contributed by atoms with Gasteiger partial charge >= 0.3 is 5.97 Å². The molecule has 0 aromatic rings. The second kappa shape index (κ2) is 7.09. The minimum atomic E-state index is -0.518. The van der Waals surface area contributed by atoms with E-state index in [1.807, 2.05) is 25.7 Å². The van der Waals surface area contributed by atoms with Gasteiger partial charge in [0.25, 0.3) is 0 Å². The minimum Gasteiger partial charge on any atom is -0.459 e. The Morgan fingerprint density at radius 2 is 2.14 bits per heavy atom. The number of esters is 1. The van der Waals surface area contributed by atoms with E-state index in [0.29, 0.717) is 5.92 Å².